The summed E-state index contributed by atoms with van der Waals surface area (Å²) >= 11 is 0. The highest BCUT2D eigenvalue weighted by Crippen LogP contribution is 2.29. The predicted molar refractivity (Wildman–Crippen MR) is 59.3 cm³/mol. The summed E-state index contributed by atoms with van der Waals surface area (Å²) in [4.78, 5) is 4.83. The molecular formula is C12H15NO2. The van der Waals surface area contributed by atoms with Crippen LogP contribution in [0.4, 0.5) is 0 Å². The number of rotatable bonds is 1. The van der Waals surface area contributed by atoms with Gasteiger partial charge in [-0.2, -0.15) is 0 Å². The molecule has 1 aliphatic carbocycles. The van der Waals surface area contributed by atoms with Gasteiger partial charge < -0.3 is 9.94 Å². The van der Waals surface area contributed by atoms with E-state index in [1.807, 2.05) is 13.0 Å². The van der Waals surface area contributed by atoms with Crippen molar-refractivity contribution in [1.29, 1.82) is 0 Å². The molecule has 0 bridgehead atoms. The van der Waals surface area contributed by atoms with Crippen molar-refractivity contribution in [1.82, 2.24) is 0 Å². The average Bonchev–Trinajstić information content (AvgIpc) is 2.25. The van der Waals surface area contributed by atoms with Crippen molar-refractivity contribution in [3.63, 3.8) is 0 Å². The Morgan fingerprint density at radius 1 is 1.33 bits per heavy atom. The van der Waals surface area contributed by atoms with E-state index in [2.05, 4.69) is 5.16 Å². The molecule has 0 amide bonds. The van der Waals surface area contributed by atoms with E-state index in [4.69, 9.17) is 4.84 Å². The Hall–Kier alpha value is -1.51. The first-order valence-electron chi connectivity index (χ1n) is 5.16. The third-order valence-electron chi connectivity index (χ3n) is 2.92. The van der Waals surface area contributed by atoms with E-state index in [0.717, 1.165) is 36.1 Å². The molecule has 80 valence electrons. The molecule has 1 aliphatic rings. The highest BCUT2D eigenvalue weighted by Gasteiger charge is 2.19. The van der Waals surface area contributed by atoms with Crippen LogP contribution in [0.2, 0.25) is 0 Å². The SMILES string of the molecule is CON=C1CCCc2c1ccc(O)c2C. The fourth-order valence-corrected chi connectivity index (χ4v) is 2.11. The van der Waals surface area contributed by atoms with Gasteiger partial charge in [0.15, 0.2) is 0 Å². The minimum Gasteiger partial charge on any atom is -0.508 e. The maximum Gasteiger partial charge on any atom is 0.118 e. The number of hydrogen-bond acceptors (Lipinski definition) is 3. The second-order valence-electron chi connectivity index (χ2n) is 3.81. The van der Waals surface area contributed by atoms with Gasteiger partial charge in [-0.25, -0.2) is 0 Å². The third kappa shape index (κ3) is 1.69. The van der Waals surface area contributed by atoms with Crippen molar-refractivity contribution < 1.29 is 9.94 Å². The van der Waals surface area contributed by atoms with Crippen LogP contribution in [-0.4, -0.2) is 17.9 Å². The molecule has 3 nitrogen and oxygen atoms in total. The van der Waals surface area contributed by atoms with Gasteiger partial charge in [0.2, 0.25) is 0 Å². The number of nitrogens with zero attached hydrogens (tertiary/aromatic N) is 1. The number of hydrogen-bond donors (Lipinski definition) is 1. The molecule has 0 aliphatic heterocycles. The van der Waals surface area contributed by atoms with Crippen molar-refractivity contribution in [2.24, 2.45) is 5.16 Å². The number of oxime groups is 1. The molecule has 0 spiro atoms. The predicted octanol–water partition coefficient (Wildman–Crippen LogP) is 2.39. The number of benzene rings is 1. The maximum atomic E-state index is 9.62. The molecule has 0 saturated carbocycles. The van der Waals surface area contributed by atoms with Gasteiger partial charge in [0, 0.05) is 5.56 Å². The van der Waals surface area contributed by atoms with E-state index in [-0.39, 0.29) is 0 Å². The van der Waals surface area contributed by atoms with E-state index < -0.39 is 0 Å². The first kappa shape index (κ1) is 10.0. The summed E-state index contributed by atoms with van der Waals surface area (Å²) in [6.45, 7) is 1.95. The standard InChI is InChI=1S/C12H15NO2/c1-8-9-4-3-5-11(13-15-2)10(9)6-7-12(8)14/h6-7,14H,3-5H2,1-2H3. The molecule has 0 aromatic heterocycles. The van der Waals surface area contributed by atoms with E-state index >= 15 is 0 Å². The van der Waals surface area contributed by atoms with Crippen molar-refractivity contribution in [3.05, 3.63) is 28.8 Å². The lowest BCUT2D eigenvalue weighted by Gasteiger charge is -2.19. The summed E-state index contributed by atoms with van der Waals surface area (Å²) in [5, 5.41) is 13.7. The first-order chi connectivity index (χ1) is 7.24. The molecule has 0 saturated heterocycles. The quantitative estimate of drug-likeness (QED) is 0.715. The van der Waals surface area contributed by atoms with Crippen LogP contribution < -0.4 is 0 Å². The summed E-state index contributed by atoms with van der Waals surface area (Å²) in [5.74, 6) is 0.368. The van der Waals surface area contributed by atoms with Crippen LogP contribution in [0.15, 0.2) is 17.3 Å². The van der Waals surface area contributed by atoms with Crippen LogP contribution >= 0.6 is 0 Å². The first-order valence-corrected chi connectivity index (χ1v) is 5.16. The fourth-order valence-electron chi connectivity index (χ4n) is 2.11. The monoisotopic (exact) mass is 205 g/mol. The van der Waals surface area contributed by atoms with E-state index in [1.54, 1.807) is 13.2 Å². The summed E-state index contributed by atoms with van der Waals surface area (Å²) in [6.07, 6.45) is 3.03. The Morgan fingerprint density at radius 2 is 2.13 bits per heavy atom. The zero-order valence-electron chi connectivity index (χ0n) is 9.08. The van der Waals surface area contributed by atoms with Gasteiger partial charge in [-0.3, -0.25) is 0 Å². The van der Waals surface area contributed by atoms with Gasteiger partial charge in [-0.1, -0.05) is 5.16 Å². The molecule has 0 radical (unpaired) electrons. The summed E-state index contributed by atoms with van der Waals surface area (Å²) in [7, 11) is 1.56. The Bertz CT molecular complexity index is 410. The summed E-state index contributed by atoms with van der Waals surface area (Å²) in [5.41, 5.74) is 4.29. The Kier molecular flexibility index (Phi) is 2.62. The lowest BCUT2D eigenvalue weighted by Crippen LogP contribution is -2.13. The lowest BCUT2D eigenvalue weighted by atomic mass is 9.87. The van der Waals surface area contributed by atoms with Gasteiger partial charge >= 0.3 is 0 Å². The number of aromatic hydroxyl groups is 1. The molecule has 1 N–H and O–H groups in total. The van der Waals surface area contributed by atoms with Crippen LogP contribution in [0, 0.1) is 6.92 Å². The highest BCUT2D eigenvalue weighted by atomic mass is 16.6. The van der Waals surface area contributed by atoms with E-state index in [0.29, 0.717) is 5.75 Å². The van der Waals surface area contributed by atoms with Gasteiger partial charge in [0.05, 0.1) is 5.71 Å². The Morgan fingerprint density at radius 3 is 2.87 bits per heavy atom. The van der Waals surface area contributed by atoms with Crippen molar-refractivity contribution >= 4 is 5.71 Å². The molecular weight excluding hydrogens is 190 g/mol. The summed E-state index contributed by atoms with van der Waals surface area (Å²) in [6, 6.07) is 3.65. The van der Waals surface area contributed by atoms with E-state index in [1.165, 1.54) is 5.56 Å². The Balaban J connectivity index is 2.54. The number of fused-ring (bicyclic) bond motifs is 1. The largest absolute Gasteiger partial charge is 0.508 e. The fraction of sp³-hybridized carbons (Fsp3) is 0.417. The van der Waals surface area contributed by atoms with Crippen molar-refractivity contribution in [3.8, 4) is 5.75 Å². The smallest absolute Gasteiger partial charge is 0.118 e. The van der Waals surface area contributed by atoms with Gasteiger partial charge in [-0.05, 0) is 49.4 Å². The van der Waals surface area contributed by atoms with Crippen LogP contribution in [0.1, 0.15) is 29.5 Å². The molecule has 0 fully saturated rings. The molecule has 1 aromatic carbocycles. The van der Waals surface area contributed by atoms with Crippen LogP contribution in [0.3, 0.4) is 0 Å². The van der Waals surface area contributed by atoms with Gasteiger partial charge in [0.1, 0.15) is 12.9 Å². The molecule has 3 heteroatoms. The number of phenols is 1. The molecule has 1 aromatic rings. The second-order valence-corrected chi connectivity index (χ2v) is 3.81. The van der Waals surface area contributed by atoms with Crippen molar-refractivity contribution in [2.75, 3.05) is 7.11 Å². The van der Waals surface area contributed by atoms with Crippen LogP contribution in [-0.2, 0) is 11.3 Å². The van der Waals surface area contributed by atoms with Gasteiger partial charge in [0.25, 0.3) is 0 Å². The average molecular weight is 205 g/mol. The highest BCUT2D eigenvalue weighted by molar-refractivity contribution is 6.02. The van der Waals surface area contributed by atoms with Crippen LogP contribution in [0.5, 0.6) is 5.75 Å². The lowest BCUT2D eigenvalue weighted by molar-refractivity contribution is 0.212. The van der Waals surface area contributed by atoms with Gasteiger partial charge in [-0.15, -0.1) is 0 Å². The summed E-state index contributed by atoms with van der Waals surface area (Å²) < 4.78 is 0. The Labute approximate surface area is 89.4 Å². The normalized spacial score (nSPS) is 17.6. The molecule has 0 heterocycles. The third-order valence-corrected chi connectivity index (χ3v) is 2.92. The minimum atomic E-state index is 0.368. The minimum absolute atomic E-state index is 0.368. The second kappa shape index (κ2) is 3.93. The van der Waals surface area contributed by atoms with Crippen molar-refractivity contribution in [2.45, 2.75) is 26.2 Å². The molecule has 0 unspecified atom stereocenters. The zero-order valence-corrected chi connectivity index (χ0v) is 9.08. The zero-order chi connectivity index (χ0) is 10.8. The molecule has 0 atom stereocenters. The maximum absolute atomic E-state index is 9.62. The number of phenolic OH excluding ortho intramolecular Hbond substituents is 1. The topological polar surface area (TPSA) is 41.8 Å². The van der Waals surface area contributed by atoms with Crippen LogP contribution in [0.25, 0.3) is 0 Å². The van der Waals surface area contributed by atoms with E-state index in [9.17, 15) is 5.11 Å². The molecule has 2 rings (SSSR count). The molecule has 15 heavy (non-hydrogen) atoms.